The number of ether oxygens (including phenoxy) is 1. The number of rotatable bonds is 4. The molecule has 0 aromatic heterocycles. The maximum atomic E-state index is 11.6. The van der Waals surface area contributed by atoms with E-state index in [1.807, 2.05) is 54.6 Å². The highest BCUT2D eigenvalue weighted by molar-refractivity contribution is 9.10. The fourth-order valence-corrected chi connectivity index (χ4v) is 1.96. The molecule has 3 heteroatoms. The van der Waals surface area contributed by atoms with Crippen molar-refractivity contribution < 1.29 is 9.53 Å². The minimum absolute atomic E-state index is 0.292. The van der Waals surface area contributed by atoms with Crippen LogP contribution in [0, 0.1) is 0 Å². The molecule has 0 amide bonds. The molecule has 0 saturated heterocycles. The summed E-state index contributed by atoms with van der Waals surface area (Å²) < 4.78 is 6.10. The van der Waals surface area contributed by atoms with Gasteiger partial charge in [-0.05, 0) is 23.3 Å². The molecule has 0 unspecified atom stereocenters. The summed E-state index contributed by atoms with van der Waals surface area (Å²) in [7, 11) is 0. The third-order valence-corrected chi connectivity index (χ3v) is 3.25. The lowest BCUT2D eigenvalue weighted by Gasteiger charge is -2.01. The van der Waals surface area contributed by atoms with Crippen LogP contribution in [0.1, 0.15) is 11.1 Å². The van der Waals surface area contributed by atoms with Crippen LogP contribution in [-0.4, -0.2) is 5.97 Å². The van der Waals surface area contributed by atoms with Crippen molar-refractivity contribution in [2.45, 2.75) is 6.61 Å². The number of halogens is 1. The third kappa shape index (κ3) is 4.38. The molecule has 0 saturated carbocycles. The van der Waals surface area contributed by atoms with Gasteiger partial charge in [0.2, 0.25) is 0 Å². The summed E-state index contributed by atoms with van der Waals surface area (Å²) in [5, 5.41) is 0. The first-order chi connectivity index (χ1) is 9.25. The first-order valence-corrected chi connectivity index (χ1v) is 6.68. The van der Waals surface area contributed by atoms with Crippen molar-refractivity contribution in [2.75, 3.05) is 0 Å². The Balaban J connectivity index is 1.90. The van der Waals surface area contributed by atoms with Crippen molar-refractivity contribution in [3.8, 4) is 0 Å². The van der Waals surface area contributed by atoms with E-state index < -0.39 is 0 Å². The third-order valence-electron chi connectivity index (χ3n) is 2.53. The zero-order valence-electron chi connectivity index (χ0n) is 10.3. The Morgan fingerprint density at radius 3 is 2.47 bits per heavy atom. The van der Waals surface area contributed by atoms with E-state index in [1.54, 1.807) is 6.08 Å². The maximum absolute atomic E-state index is 11.6. The van der Waals surface area contributed by atoms with E-state index in [-0.39, 0.29) is 5.97 Å². The van der Waals surface area contributed by atoms with E-state index in [2.05, 4.69) is 15.9 Å². The van der Waals surface area contributed by atoms with E-state index in [0.717, 1.165) is 15.6 Å². The van der Waals surface area contributed by atoms with Gasteiger partial charge in [-0.25, -0.2) is 4.79 Å². The Hall–Kier alpha value is -1.87. The summed E-state index contributed by atoms with van der Waals surface area (Å²) in [6.07, 6.45) is 3.17. The minimum Gasteiger partial charge on any atom is -0.458 e. The minimum atomic E-state index is -0.348. The van der Waals surface area contributed by atoms with Crippen LogP contribution in [0.4, 0.5) is 0 Å². The van der Waals surface area contributed by atoms with Gasteiger partial charge in [-0.3, -0.25) is 0 Å². The van der Waals surface area contributed by atoms with Gasteiger partial charge in [-0.15, -0.1) is 0 Å². The lowest BCUT2D eigenvalue weighted by Crippen LogP contribution is -2.00. The molecule has 0 radical (unpaired) electrons. The van der Waals surface area contributed by atoms with Gasteiger partial charge in [0.05, 0.1) is 0 Å². The summed E-state index contributed by atoms with van der Waals surface area (Å²) in [5.74, 6) is -0.348. The van der Waals surface area contributed by atoms with Gasteiger partial charge in [-0.2, -0.15) is 0 Å². The van der Waals surface area contributed by atoms with E-state index in [4.69, 9.17) is 4.74 Å². The molecule has 0 fully saturated rings. The van der Waals surface area contributed by atoms with Crippen LogP contribution in [0.2, 0.25) is 0 Å². The van der Waals surface area contributed by atoms with Gasteiger partial charge in [0.25, 0.3) is 0 Å². The molecular weight excluding hydrogens is 304 g/mol. The Morgan fingerprint density at radius 1 is 1.05 bits per heavy atom. The average molecular weight is 317 g/mol. The van der Waals surface area contributed by atoms with Gasteiger partial charge in [0, 0.05) is 10.5 Å². The van der Waals surface area contributed by atoms with Crippen molar-refractivity contribution in [3.63, 3.8) is 0 Å². The Labute approximate surface area is 120 Å². The van der Waals surface area contributed by atoms with Crippen molar-refractivity contribution >= 4 is 28.0 Å². The Morgan fingerprint density at radius 2 is 1.74 bits per heavy atom. The van der Waals surface area contributed by atoms with Crippen molar-refractivity contribution in [2.24, 2.45) is 0 Å². The predicted molar refractivity (Wildman–Crippen MR) is 79.4 cm³/mol. The second kappa shape index (κ2) is 6.90. The molecule has 0 N–H and O–H groups in total. The number of carbonyl (C=O) groups is 1. The molecule has 96 valence electrons. The molecule has 2 nitrogen and oxygen atoms in total. The first kappa shape index (κ1) is 13.6. The molecule has 2 aromatic rings. The quantitative estimate of drug-likeness (QED) is 0.624. The lowest BCUT2D eigenvalue weighted by molar-refractivity contribution is -0.138. The summed E-state index contributed by atoms with van der Waals surface area (Å²) in [4.78, 5) is 11.6. The highest BCUT2D eigenvalue weighted by Crippen LogP contribution is 2.17. The van der Waals surface area contributed by atoms with Crippen LogP contribution >= 0.6 is 15.9 Å². The monoisotopic (exact) mass is 316 g/mol. The van der Waals surface area contributed by atoms with Crippen molar-refractivity contribution in [3.05, 3.63) is 76.3 Å². The van der Waals surface area contributed by atoms with E-state index in [0.29, 0.717) is 6.61 Å². The fraction of sp³-hybridized carbons (Fsp3) is 0.0625. The van der Waals surface area contributed by atoms with Crippen molar-refractivity contribution in [1.29, 1.82) is 0 Å². The number of benzene rings is 2. The first-order valence-electron chi connectivity index (χ1n) is 5.89. The van der Waals surface area contributed by atoms with Crippen LogP contribution in [0.25, 0.3) is 6.08 Å². The van der Waals surface area contributed by atoms with Crippen LogP contribution in [-0.2, 0) is 16.1 Å². The van der Waals surface area contributed by atoms with Gasteiger partial charge < -0.3 is 4.74 Å². The Kier molecular flexibility index (Phi) is 4.93. The molecule has 0 aliphatic carbocycles. The second-order valence-electron chi connectivity index (χ2n) is 3.95. The summed E-state index contributed by atoms with van der Waals surface area (Å²) in [5.41, 5.74) is 1.92. The molecule has 0 spiro atoms. The van der Waals surface area contributed by atoms with Crippen LogP contribution < -0.4 is 0 Å². The van der Waals surface area contributed by atoms with Crippen LogP contribution in [0.3, 0.4) is 0 Å². The molecule has 2 rings (SSSR count). The maximum Gasteiger partial charge on any atom is 0.331 e. The Bertz CT molecular complexity index is 576. The lowest BCUT2D eigenvalue weighted by atomic mass is 10.2. The molecule has 0 heterocycles. The van der Waals surface area contributed by atoms with Gasteiger partial charge in [0.15, 0.2) is 0 Å². The molecule has 0 aliphatic heterocycles. The SMILES string of the molecule is O=C(/C=C/c1ccccc1Br)OCc1ccccc1. The zero-order valence-corrected chi connectivity index (χ0v) is 11.8. The number of hydrogen-bond donors (Lipinski definition) is 0. The molecule has 19 heavy (non-hydrogen) atoms. The smallest absolute Gasteiger partial charge is 0.331 e. The highest BCUT2D eigenvalue weighted by Gasteiger charge is 1.99. The second-order valence-corrected chi connectivity index (χ2v) is 4.80. The van der Waals surface area contributed by atoms with Gasteiger partial charge in [-0.1, -0.05) is 64.5 Å². The average Bonchev–Trinajstić information content (AvgIpc) is 2.45. The van der Waals surface area contributed by atoms with Gasteiger partial charge >= 0.3 is 5.97 Å². The predicted octanol–water partition coefficient (Wildman–Crippen LogP) is 4.21. The normalized spacial score (nSPS) is 10.6. The van der Waals surface area contributed by atoms with Gasteiger partial charge in [0.1, 0.15) is 6.61 Å². The summed E-state index contributed by atoms with van der Waals surface area (Å²) in [6.45, 7) is 0.292. The van der Waals surface area contributed by atoms with E-state index in [1.165, 1.54) is 6.08 Å². The van der Waals surface area contributed by atoms with E-state index in [9.17, 15) is 4.79 Å². The van der Waals surface area contributed by atoms with E-state index >= 15 is 0 Å². The number of hydrogen-bond acceptors (Lipinski definition) is 2. The molecule has 2 aromatic carbocycles. The largest absolute Gasteiger partial charge is 0.458 e. The molecule has 0 aliphatic rings. The highest BCUT2D eigenvalue weighted by atomic mass is 79.9. The number of esters is 1. The summed E-state index contributed by atoms with van der Waals surface area (Å²) >= 11 is 3.42. The standard InChI is InChI=1S/C16H13BrO2/c17-15-9-5-4-8-14(15)10-11-16(18)19-12-13-6-2-1-3-7-13/h1-11H,12H2/b11-10+. The number of carbonyl (C=O) groups excluding carboxylic acids is 1. The molecule has 0 atom stereocenters. The zero-order chi connectivity index (χ0) is 13.5. The topological polar surface area (TPSA) is 26.3 Å². The summed E-state index contributed by atoms with van der Waals surface area (Å²) in [6, 6.07) is 17.3. The van der Waals surface area contributed by atoms with Crippen molar-refractivity contribution in [1.82, 2.24) is 0 Å². The molecule has 0 bridgehead atoms. The van der Waals surface area contributed by atoms with Crippen LogP contribution in [0.5, 0.6) is 0 Å². The van der Waals surface area contributed by atoms with Crippen LogP contribution in [0.15, 0.2) is 65.1 Å². The fourth-order valence-electron chi connectivity index (χ4n) is 1.54. The molecular formula is C16H13BrO2.